The quantitative estimate of drug-likeness (QED) is 0.596. The lowest BCUT2D eigenvalue weighted by Crippen LogP contribution is -2.18. The lowest BCUT2D eigenvalue weighted by atomic mass is 10.1. The molecule has 0 saturated heterocycles. The van der Waals surface area contributed by atoms with E-state index in [1.165, 1.54) is 6.20 Å². The van der Waals surface area contributed by atoms with Gasteiger partial charge >= 0.3 is 5.97 Å². The number of halogens is 1. The average Bonchev–Trinajstić information content (AvgIpc) is 2.68. The van der Waals surface area contributed by atoms with Crippen LogP contribution in [-0.4, -0.2) is 24.2 Å². The monoisotopic (exact) mass is 401 g/mol. The van der Waals surface area contributed by atoms with Gasteiger partial charge in [0.15, 0.2) is 11.5 Å². The Bertz CT molecular complexity index is 1040. The summed E-state index contributed by atoms with van der Waals surface area (Å²) in [6.45, 7) is 4.45. The summed E-state index contributed by atoms with van der Waals surface area (Å²) in [4.78, 5) is 27.7. The topological polar surface area (TPSA) is 77.6 Å². The third-order valence-electron chi connectivity index (χ3n) is 4.05. The minimum atomic E-state index is -0.664. The van der Waals surface area contributed by atoms with E-state index in [9.17, 15) is 9.59 Å². The zero-order valence-electron chi connectivity index (χ0n) is 15.6. The van der Waals surface area contributed by atoms with Crippen LogP contribution in [0.15, 0.2) is 47.4 Å². The Hall–Kier alpha value is -2.99. The van der Waals surface area contributed by atoms with Crippen molar-refractivity contribution in [1.82, 2.24) is 4.98 Å². The van der Waals surface area contributed by atoms with E-state index >= 15 is 0 Å². The number of rotatable bonds is 7. The maximum Gasteiger partial charge on any atom is 0.343 e. The molecular weight excluding hydrogens is 382 g/mol. The number of nitrogens with one attached hydrogen (secondary N) is 1. The van der Waals surface area contributed by atoms with Crippen LogP contribution in [0.25, 0.3) is 10.9 Å². The number of pyridine rings is 1. The van der Waals surface area contributed by atoms with Gasteiger partial charge in [0.2, 0.25) is 5.43 Å². The van der Waals surface area contributed by atoms with E-state index in [1.54, 1.807) is 31.2 Å². The van der Waals surface area contributed by atoms with Crippen molar-refractivity contribution in [3.8, 4) is 11.5 Å². The fourth-order valence-corrected chi connectivity index (χ4v) is 2.84. The number of ether oxygens (including phenoxy) is 3. The number of esters is 1. The lowest BCUT2D eigenvalue weighted by Gasteiger charge is -2.13. The molecule has 0 atom stereocenters. The lowest BCUT2D eigenvalue weighted by molar-refractivity contribution is 0.0524. The van der Waals surface area contributed by atoms with Gasteiger partial charge in [-0.1, -0.05) is 23.7 Å². The Morgan fingerprint density at radius 2 is 1.75 bits per heavy atom. The Kier molecular flexibility index (Phi) is 6.21. The van der Waals surface area contributed by atoms with E-state index in [0.29, 0.717) is 34.0 Å². The first-order chi connectivity index (χ1) is 13.5. The van der Waals surface area contributed by atoms with E-state index in [0.717, 1.165) is 5.56 Å². The molecule has 3 rings (SSSR count). The Balaban J connectivity index is 1.99. The summed E-state index contributed by atoms with van der Waals surface area (Å²) < 4.78 is 16.5. The third-order valence-corrected chi connectivity index (χ3v) is 4.30. The van der Waals surface area contributed by atoms with Gasteiger partial charge in [-0.3, -0.25) is 4.79 Å². The van der Waals surface area contributed by atoms with Gasteiger partial charge in [0.1, 0.15) is 12.2 Å². The first-order valence-electron chi connectivity index (χ1n) is 8.90. The third kappa shape index (κ3) is 4.28. The van der Waals surface area contributed by atoms with E-state index in [1.807, 2.05) is 19.1 Å². The number of carbonyl (C=O) groups is 1. The van der Waals surface area contributed by atoms with Crippen molar-refractivity contribution >= 4 is 28.5 Å². The van der Waals surface area contributed by atoms with Gasteiger partial charge in [-0.25, -0.2) is 4.79 Å². The largest absolute Gasteiger partial charge is 0.490 e. The second-order valence-electron chi connectivity index (χ2n) is 5.94. The van der Waals surface area contributed by atoms with Crippen molar-refractivity contribution in [3.63, 3.8) is 0 Å². The molecule has 7 heteroatoms. The molecule has 0 radical (unpaired) electrons. The summed E-state index contributed by atoms with van der Waals surface area (Å²) >= 11 is 5.90. The number of fused-ring (bicyclic) bond motifs is 1. The second-order valence-corrected chi connectivity index (χ2v) is 6.38. The number of carbonyl (C=O) groups excluding carboxylic acids is 1. The highest BCUT2D eigenvalue weighted by molar-refractivity contribution is 6.30. The summed E-state index contributed by atoms with van der Waals surface area (Å²) in [6.07, 6.45) is 1.35. The molecule has 0 aliphatic heterocycles. The molecule has 1 N–H and O–H groups in total. The molecule has 0 amide bonds. The van der Waals surface area contributed by atoms with Gasteiger partial charge in [0.05, 0.1) is 24.1 Å². The van der Waals surface area contributed by atoms with Crippen molar-refractivity contribution in [2.24, 2.45) is 0 Å². The Labute approximate surface area is 167 Å². The van der Waals surface area contributed by atoms with E-state index in [-0.39, 0.29) is 18.8 Å². The second kappa shape index (κ2) is 8.80. The molecule has 1 heterocycles. The summed E-state index contributed by atoms with van der Waals surface area (Å²) in [5.74, 6) is 0.252. The molecule has 0 aliphatic rings. The van der Waals surface area contributed by atoms with Crippen molar-refractivity contribution in [1.29, 1.82) is 0 Å². The Morgan fingerprint density at radius 3 is 2.43 bits per heavy atom. The highest BCUT2D eigenvalue weighted by Gasteiger charge is 2.17. The van der Waals surface area contributed by atoms with Gasteiger partial charge in [-0.05, 0) is 37.6 Å². The minimum Gasteiger partial charge on any atom is -0.490 e. The van der Waals surface area contributed by atoms with Crippen molar-refractivity contribution < 1.29 is 19.0 Å². The van der Waals surface area contributed by atoms with Crippen LogP contribution in [-0.2, 0) is 11.3 Å². The molecule has 0 saturated carbocycles. The predicted molar refractivity (Wildman–Crippen MR) is 107 cm³/mol. The average molecular weight is 402 g/mol. The summed E-state index contributed by atoms with van der Waals surface area (Å²) in [7, 11) is 0. The molecule has 28 heavy (non-hydrogen) atoms. The molecule has 0 fully saturated rings. The minimum absolute atomic E-state index is 0.0536. The highest BCUT2D eigenvalue weighted by Crippen LogP contribution is 2.31. The molecule has 0 aliphatic carbocycles. The number of hydrogen-bond acceptors (Lipinski definition) is 5. The molecule has 6 nitrogen and oxygen atoms in total. The van der Waals surface area contributed by atoms with Crippen LogP contribution in [0.4, 0.5) is 0 Å². The zero-order valence-corrected chi connectivity index (χ0v) is 16.3. The van der Waals surface area contributed by atoms with Gasteiger partial charge in [-0.15, -0.1) is 0 Å². The highest BCUT2D eigenvalue weighted by atomic mass is 35.5. The molecule has 1 aromatic heterocycles. The molecule has 0 bridgehead atoms. The number of aromatic nitrogens is 1. The molecule has 0 spiro atoms. The number of hydrogen-bond donors (Lipinski definition) is 1. The number of aromatic amines is 1. The van der Waals surface area contributed by atoms with Crippen LogP contribution in [0.1, 0.15) is 29.8 Å². The molecule has 0 unspecified atom stereocenters. The first-order valence-corrected chi connectivity index (χ1v) is 9.27. The van der Waals surface area contributed by atoms with Crippen LogP contribution < -0.4 is 14.9 Å². The summed E-state index contributed by atoms with van der Waals surface area (Å²) in [6, 6.07) is 10.5. The number of H-pyrrole nitrogens is 1. The van der Waals surface area contributed by atoms with Gasteiger partial charge in [0, 0.05) is 17.3 Å². The fraction of sp³-hybridized carbons (Fsp3) is 0.238. The maximum atomic E-state index is 12.7. The smallest absolute Gasteiger partial charge is 0.343 e. The van der Waals surface area contributed by atoms with Crippen LogP contribution in [0.5, 0.6) is 11.5 Å². The van der Waals surface area contributed by atoms with Gasteiger partial charge in [-0.2, -0.15) is 0 Å². The summed E-state index contributed by atoms with van der Waals surface area (Å²) in [5, 5.41) is 0.961. The summed E-state index contributed by atoms with van der Waals surface area (Å²) in [5.41, 5.74) is 0.982. The van der Waals surface area contributed by atoms with Crippen LogP contribution in [0.3, 0.4) is 0 Å². The fourth-order valence-electron chi connectivity index (χ4n) is 2.71. The predicted octanol–water partition coefficient (Wildman–Crippen LogP) is 4.34. The first kappa shape index (κ1) is 19.8. The molecule has 2 aromatic carbocycles. The Morgan fingerprint density at radius 1 is 1.04 bits per heavy atom. The van der Waals surface area contributed by atoms with Crippen molar-refractivity contribution in [2.75, 3.05) is 13.2 Å². The van der Waals surface area contributed by atoms with Gasteiger partial charge in [0.25, 0.3) is 0 Å². The maximum absolute atomic E-state index is 12.7. The standard InChI is InChI=1S/C21H20ClNO5/c1-3-26-19-10-17-15(20(24)16(11-23-17)21(25)27-4-2)9-18(19)28-12-13-5-7-14(22)8-6-13/h5-11H,3-4,12H2,1-2H3,(H,23,24). The van der Waals surface area contributed by atoms with Gasteiger partial charge < -0.3 is 19.2 Å². The van der Waals surface area contributed by atoms with Crippen LogP contribution in [0.2, 0.25) is 5.02 Å². The van der Waals surface area contributed by atoms with Crippen LogP contribution in [0, 0.1) is 0 Å². The molecular formula is C21H20ClNO5. The van der Waals surface area contributed by atoms with Crippen molar-refractivity contribution in [2.45, 2.75) is 20.5 Å². The van der Waals surface area contributed by atoms with E-state index < -0.39 is 11.4 Å². The number of benzene rings is 2. The molecule has 3 aromatic rings. The van der Waals surface area contributed by atoms with E-state index in [4.69, 9.17) is 25.8 Å². The SMILES string of the molecule is CCOC(=O)c1c[nH]c2cc(OCC)c(OCc3ccc(Cl)cc3)cc2c1=O. The normalized spacial score (nSPS) is 10.7. The molecule has 146 valence electrons. The van der Waals surface area contributed by atoms with Crippen molar-refractivity contribution in [3.05, 3.63) is 69.0 Å². The zero-order chi connectivity index (χ0) is 20.1. The van der Waals surface area contributed by atoms with E-state index in [2.05, 4.69) is 4.98 Å². The van der Waals surface area contributed by atoms with Crippen LogP contribution >= 0.6 is 11.6 Å².